The highest BCUT2D eigenvalue weighted by Crippen LogP contribution is 2.32. The predicted octanol–water partition coefficient (Wildman–Crippen LogP) is 5.62. The van der Waals surface area contributed by atoms with Gasteiger partial charge < -0.3 is 88.6 Å². The van der Waals surface area contributed by atoms with Crippen LogP contribution in [0.3, 0.4) is 0 Å². The van der Waals surface area contributed by atoms with Crippen LogP contribution < -0.4 is 0 Å². The van der Waals surface area contributed by atoms with Crippen molar-refractivity contribution in [2.45, 2.75) is 186 Å². The summed E-state index contributed by atoms with van der Waals surface area (Å²) in [6.45, 7) is 47.1. The Bertz CT molecular complexity index is 2020. The molecule has 0 unspecified atom stereocenters. The summed E-state index contributed by atoms with van der Waals surface area (Å²) in [5.74, 6) is -2.82. The summed E-state index contributed by atoms with van der Waals surface area (Å²) in [4.78, 5) is 79.4. The van der Waals surface area contributed by atoms with Crippen molar-refractivity contribution >= 4 is 42.3 Å². The predicted molar refractivity (Wildman–Crippen MR) is 337 cm³/mol. The summed E-state index contributed by atoms with van der Waals surface area (Å²) in [7, 11) is 0. The minimum Gasteiger partial charge on any atom is -0.467 e. The van der Waals surface area contributed by atoms with E-state index in [2.05, 4.69) is 18.6 Å². The van der Waals surface area contributed by atoms with Gasteiger partial charge in [-0.05, 0) is 69.2 Å². The Morgan fingerprint density at radius 1 is 0.378 bits per heavy atom. The number of aliphatic hydroxyl groups excluding tert-OH is 9. The van der Waals surface area contributed by atoms with E-state index in [1.54, 1.807) is 125 Å². The molecule has 1 heterocycles. The minimum atomic E-state index is -1.00. The van der Waals surface area contributed by atoms with Gasteiger partial charge in [-0.2, -0.15) is 0 Å². The maximum Gasteiger partial charge on any atom is 0.315 e. The Balaban J connectivity index is -0.000000328. The standard InChI is InChI=1S/2C15H28O6.C10H20O4.C10H20O3.C9H18O3.C6H12O3/c1-13(2,9-20-11(18)14(3,4)7-16)10-21-12(19)15(5,6)8-17;1-13(2,7-16)9-20-12(19)15(5,6)10-21-11(18)14(3,4)8-17;1-9(2,5-11)7-14-8(13)10(3,4)6-12;1-9(2)6-12-8(13-7-9)10(3,4)5-11;1-7(2)8(11)12-6-9(3,4)5-10;1-6(2,3-7)4-9-5-8/h2*16-17H,7-10H2,1-6H3;11-12H,5-7H2,1-4H3;8,11H,5-7H2,1-4H3;7,10H,5-6H2,1-4H3;5,7H,3-4H2,1-2H3. The van der Waals surface area contributed by atoms with E-state index < -0.39 is 73.2 Å². The molecular formula is C65H126O25. The van der Waals surface area contributed by atoms with Crippen molar-refractivity contribution in [1.82, 2.24) is 0 Å². The van der Waals surface area contributed by atoms with Gasteiger partial charge >= 0.3 is 35.8 Å². The number of carbonyl (C=O) groups excluding carboxylic acids is 7. The third-order valence-electron chi connectivity index (χ3n) is 12.9. The Labute approximate surface area is 538 Å². The first-order chi connectivity index (χ1) is 40.4. The highest BCUT2D eigenvalue weighted by atomic mass is 16.7. The van der Waals surface area contributed by atoms with E-state index >= 15 is 0 Å². The normalized spacial score (nSPS) is 14.3. The Morgan fingerprint density at radius 2 is 0.622 bits per heavy atom. The second kappa shape index (κ2) is 41.5. The maximum atomic E-state index is 12.0. The van der Waals surface area contributed by atoms with Crippen molar-refractivity contribution in [3.8, 4) is 0 Å². The fourth-order valence-corrected chi connectivity index (χ4v) is 4.72. The monoisotopic (exact) mass is 1310 g/mol. The van der Waals surface area contributed by atoms with Crippen LogP contribution in [-0.4, -0.2) is 213 Å². The Kier molecular flexibility index (Phi) is 43.6. The molecule has 25 nitrogen and oxygen atoms in total. The molecule has 0 aromatic heterocycles. The summed E-state index contributed by atoms with van der Waals surface area (Å²) in [5.41, 5.74) is -7.11. The lowest BCUT2D eigenvalue weighted by atomic mass is 9.90. The minimum absolute atomic E-state index is 0.0262. The largest absolute Gasteiger partial charge is 0.467 e. The zero-order valence-electron chi connectivity index (χ0n) is 60.0. The van der Waals surface area contributed by atoms with Crippen LogP contribution in [0.2, 0.25) is 0 Å². The lowest BCUT2D eigenvalue weighted by Gasteiger charge is -2.40. The van der Waals surface area contributed by atoms with Crippen LogP contribution in [0.25, 0.3) is 0 Å². The topological polar surface area (TPSA) is 385 Å². The number of hydrogen-bond acceptors (Lipinski definition) is 25. The third kappa shape index (κ3) is 42.9. The highest BCUT2D eigenvalue weighted by molar-refractivity contribution is 5.79. The van der Waals surface area contributed by atoms with E-state index in [9.17, 15) is 33.6 Å². The lowest BCUT2D eigenvalue weighted by molar-refractivity contribution is -0.267. The maximum absolute atomic E-state index is 12.0. The molecule has 0 aromatic carbocycles. The van der Waals surface area contributed by atoms with Gasteiger partial charge in [0.2, 0.25) is 0 Å². The van der Waals surface area contributed by atoms with Gasteiger partial charge in [0.05, 0.1) is 145 Å². The molecule has 0 amide bonds. The van der Waals surface area contributed by atoms with E-state index in [1.807, 2.05) is 41.5 Å². The van der Waals surface area contributed by atoms with Crippen molar-refractivity contribution in [2.24, 2.45) is 70.9 Å². The molecule has 1 fully saturated rings. The average molecular weight is 1310 g/mol. The van der Waals surface area contributed by atoms with Gasteiger partial charge in [-0.3, -0.25) is 33.6 Å². The van der Waals surface area contributed by atoms with Crippen LogP contribution >= 0.6 is 0 Å². The Morgan fingerprint density at radius 3 is 0.867 bits per heavy atom. The fraction of sp³-hybridized carbons (Fsp3) is 0.892. The van der Waals surface area contributed by atoms with Crippen molar-refractivity contribution in [3.05, 3.63) is 0 Å². The van der Waals surface area contributed by atoms with Gasteiger partial charge in [0.25, 0.3) is 6.47 Å². The van der Waals surface area contributed by atoms with Crippen molar-refractivity contribution in [2.75, 3.05) is 119 Å². The number of aliphatic hydroxyl groups is 9. The molecule has 1 aliphatic heterocycles. The van der Waals surface area contributed by atoms with Gasteiger partial charge in [0, 0.05) is 37.9 Å². The third-order valence-corrected chi connectivity index (χ3v) is 12.9. The fourth-order valence-electron chi connectivity index (χ4n) is 4.72. The van der Waals surface area contributed by atoms with Crippen LogP contribution in [0, 0.1) is 70.9 Å². The molecule has 0 saturated carbocycles. The lowest BCUT2D eigenvalue weighted by Crippen LogP contribution is -2.46. The number of rotatable bonds is 31. The molecule has 0 atom stereocenters. The van der Waals surface area contributed by atoms with Crippen LogP contribution in [-0.2, 0) is 76.2 Å². The first kappa shape index (κ1) is 94.6. The molecule has 1 aliphatic rings. The van der Waals surface area contributed by atoms with Crippen molar-refractivity contribution in [1.29, 1.82) is 0 Å². The van der Waals surface area contributed by atoms with Crippen molar-refractivity contribution < 1.29 is 122 Å². The molecule has 1 saturated heterocycles. The molecule has 0 radical (unpaired) electrons. The van der Waals surface area contributed by atoms with Crippen LogP contribution in [0.4, 0.5) is 0 Å². The van der Waals surface area contributed by atoms with E-state index in [0.717, 1.165) is 0 Å². The zero-order valence-corrected chi connectivity index (χ0v) is 60.0. The number of carbonyl (C=O) groups is 7. The van der Waals surface area contributed by atoms with E-state index in [-0.39, 0.29) is 146 Å². The van der Waals surface area contributed by atoms with Gasteiger partial charge in [-0.25, -0.2) is 0 Å². The molecular weight excluding hydrogens is 1180 g/mol. The van der Waals surface area contributed by atoms with Gasteiger partial charge in [0.1, 0.15) is 6.61 Å². The smallest absolute Gasteiger partial charge is 0.315 e. The van der Waals surface area contributed by atoms with Crippen LogP contribution in [0.5, 0.6) is 0 Å². The molecule has 0 bridgehead atoms. The molecule has 25 heteroatoms. The van der Waals surface area contributed by atoms with Gasteiger partial charge in [-0.1, -0.05) is 111 Å². The SMILES string of the molecule is CC(C)(CO)COC(=O)C(C)(C)CO.CC(C)(CO)COC(=O)C(C)(C)COC(=O)C(C)(C)CO.CC(C)(CO)COC=O.CC(C)(COC(=O)C(C)(C)CO)COC(=O)C(C)(C)CO.CC(C)C(=O)OCC(C)(C)CO.CC1(C)COC(C(C)(C)CO)OC1. The molecule has 90 heavy (non-hydrogen) atoms. The zero-order chi connectivity index (χ0) is 72.4. The van der Waals surface area contributed by atoms with Crippen LogP contribution in [0.15, 0.2) is 0 Å². The van der Waals surface area contributed by atoms with E-state index in [0.29, 0.717) is 19.7 Å². The molecule has 536 valence electrons. The molecule has 0 aromatic rings. The summed E-state index contributed by atoms with van der Waals surface area (Å²) in [6.07, 6.45) is -0.273. The number of esters is 6. The van der Waals surface area contributed by atoms with E-state index in [4.69, 9.17) is 83.9 Å². The van der Waals surface area contributed by atoms with Crippen LogP contribution in [0.1, 0.15) is 180 Å². The quantitative estimate of drug-likeness (QED) is 0.0231. The van der Waals surface area contributed by atoms with Gasteiger partial charge in [0.15, 0.2) is 6.29 Å². The molecule has 1 rings (SSSR count). The van der Waals surface area contributed by atoms with Gasteiger partial charge in [-0.15, -0.1) is 0 Å². The van der Waals surface area contributed by atoms with Crippen molar-refractivity contribution in [3.63, 3.8) is 0 Å². The first-order valence-corrected chi connectivity index (χ1v) is 30.2. The Hall–Kier alpha value is -4.15. The number of hydrogen-bond donors (Lipinski definition) is 9. The second-order valence-corrected chi connectivity index (χ2v) is 31.8. The first-order valence-electron chi connectivity index (χ1n) is 30.2. The second-order valence-electron chi connectivity index (χ2n) is 31.8. The number of ether oxygens (including phenoxy) is 9. The average Bonchev–Trinajstić information content (AvgIpc) is 1.42. The van der Waals surface area contributed by atoms with E-state index in [1.165, 1.54) is 0 Å². The highest BCUT2D eigenvalue weighted by Gasteiger charge is 2.39. The molecule has 0 spiro atoms. The summed E-state index contributed by atoms with van der Waals surface area (Å²) < 4.78 is 46.1. The summed E-state index contributed by atoms with van der Waals surface area (Å²) in [6, 6.07) is 0. The summed E-state index contributed by atoms with van der Waals surface area (Å²) >= 11 is 0. The molecule has 9 N–H and O–H groups in total. The summed E-state index contributed by atoms with van der Waals surface area (Å²) in [5, 5.41) is 80.8. The molecule has 0 aliphatic carbocycles.